The van der Waals surface area contributed by atoms with Gasteiger partial charge in [-0.1, -0.05) is 36.8 Å². The maximum atomic E-state index is 12.4. The van der Waals surface area contributed by atoms with Gasteiger partial charge in [-0.2, -0.15) is 11.8 Å². The molecule has 1 aliphatic carbocycles. The van der Waals surface area contributed by atoms with Crippen molar-refractivity contribution in [1.82, 2.24) is 10.2 Å². The molecule has 0 spiro atoms. The highest BCUT2D eigenvalue weighted by molar-refractivity contribution is 7.99. The van der Waals surface area contributed by atoms with Crippen LogP contribution in [0.25, 0.3) is 0 Å². The van der Waals surface area contributed by atoms with Gasteiger partial charge in [-0.15, -0.1) is 0 Å². The fourth-order valence-corrected chi connectivity index (χ4v) is 3.74. The summed E-state index contributed by atoms with van der Waals surface area (Å²) in [7, 11) is 0. The predicted molar refractivity (Wildman–Crippen MR) is 87.4 cm³/mol. The van der Waals surface area contributed by atoms with Crippen molar-refractivity contribution in [3.05, 3.63) is 35.9 Å². The lowest BCUT2D eigenvalue weighted by Crippen LogP contribution is -2.47. The number of aliphatic hydroxyl groups is 1. The second-order valence-electron chi connectivity index (χ2n) is 5.39. The first kappa shape index (κ1) is 16.2. The lowest BCUT2D eigenvalue weighted by Gasteiger charge is -2.26. The van der Waals surface area contributed by atoms with E-state index in [4.69, 9.17) is 0 Å². The number of benzene rings is 1. The molecule has 0 radical (unpaired) electrons. The minimum Gasteiger partial charge on any atom is -0.395 e. The van der Waals surface area contributed by atoms with Crippen LogP contribution in [0.2, 0.25) is 0 Å². The molecule has 2 rings (SSSR count). The first-order valence-corrected chi connectivity index (χ1v) is 8.76. The maximum Gasteiger partial charge on any atom is 0.318 e. The molecule has 2 N–H and O–H groups in total. The van der Waals surface area contributed by atoms with Gasteiger partial charge in [-0.05, 0) is 24.7 Å². The number of nitrogens with one attached hydrogen (secondary N) is 1. The highest BCUT2D eigenvalue weighted by Gasteiger charge is 2.29. The van der Waals surface area contributed by atoms with Crippen LogP contribution in [0.3, 0.4) is 0 Å². The molecule has 1 saturated carbocycles. The third-order valence-corrected chi connectivity index (χ3v) is 5.11. The van der Waals surface area contributed by atoms with E-state index in [-0.39, 0.29) is 18.7 Å². The molecule has 0 heterocycles. The van der Waals surface area contributed by atoms with Crippen molar-refractivity contribution in [1.29, 1.82) is 0 Å². The number of amides is 2. The number of carbonyl (C=O) groups is 1. The van der Waals surface area contributed by atoms with Gasteiger partial charge >= 0.3 is 6.03 Å². The van der Waals surface area contributed by atoms with Gasteiger partial charge in [-0.3, -0.25) is 0 Å². The van der Waals surface area contributed by atoms with E-state index in [1.165, 1.54) is 12.8 Å². The van der Waals surface area contributed by atoms with E-state index in [2.05, 4.69) is 11.6 Å². The molecule has 0 bridgehead atoms. The number of nitrogens with zero attached hydrogens (tertiary/aromatic N) is 1. The summed E-state index contributed by atoms with van der Waals surface area (Å²) in [5.74, 6) is 0. The molecule has 0 unspecified atom stereocenters. The summed E-state index contributed by atoms with van der Waals surface area (Å²) in [6, 6.07) is 10.1. The van der Waals surface area contributed by atoms with Crippen LogP contribution < -0.4 is 5.32 Å². The zero-order chi connectivity index (χ0) is 15.1. The molecule has 1 aliphatic rings. The van der Waals surface area contributed by atoms with Crippen molar-refractivity contribution in [2.45, 2.75) is 37.1 Å². The van der Waals surface area contributed by atoms with Crippen molar-refractivity contribution in [3.63, 3.8) is 0 Å². The summed E-state index contributed by atoms with van der Waals surface area (Å²) in [5.41, 5.74) is 1.08. The van der Waals surface area contributed by atoms with Crippen LogP contribution in [0.1, 0.15) is 24.8 Å². The van der Waals surface area contributed by atoms with E-state index in [9.17, 15) is 9.90 Å². The van der Waals surface area contributed by atoms with Gasteiger partial charge < -0.3 is 15.3 Å². The molecule has 5 heteroatoms. The molecular formula is C16H24N2O2S. The Labute approximate surface area is 130 Å². The fraction of sp³-hybridized carbons (Fsp3) is 0.562. The lowest BCUT2D eigenvalue weighted by atomic mass is 10.2. The molecule has 0 saturated heterocycles. The highest BCUT2D eigenvalue weighted by Crippen LogP contribution is 2.28. The molecule has 1 aromatic carbocycles. The van der Waals surface area contributed by atoms with E-state index in [0.29, 0.717) is 18.3 Å². The van der Waals surface area contributed by atoms with Gasteiger partial charge in [0.25, 0.3) is 0 Å². The third kappa shape index (κ3) is 4.64. The smallest absolute Gasteiger partial charge is 0.318 e. The Kier molecular flexibility index (Phi) is 6.39. The molecule has 116 valence electrons. The van der Waals surface area contributed by atoms with E-state index in [0.717, 1.165) is 12.0 Å². The minimum absolute atomic E-state index is 0.0170. The standard InChI is InChI=1S/C16H24N2O2S/c1-21-15-9-5-8-14(15)17-16(20)18(10-11-19)12-13-6-3-2-4-7-13/h2-4,6-7,14-15,19H,5,8-12H2,1H3,(H,17,20)/t14-,15+/m0/s1. The average molecular weight is 308 g/mol. The average Bonchev–Trinajstić information content (AvgIpc) is 2.95. The normalized spacial score (nSPS) is 21.2. The molecule has 2 atom stereocenters. The zero-order valence-electron chi connectivity index (χ0n) is 12.5. The number of thioether (sulfide) groups is 1. The van der Waals surface area contributed by atoms with Crippen molar-refractivity contribution in [2.75, 3.05) is 19.4 Å². The second-order valence-corrected chi connectivity index (χ2v) is 6.47. The Bertz CT molecular complexity index is 441. The number of hydrogen-bond donors (Lipinski definition) is 2. The monoisotopic (exact) mass is 308 g/mol. The SMILES string of the molecule is CS[C@@H]1CCC[C@@H]1NC(=O)N(CCO)Cc1ccccc1. The summed E-state index contributed by atoms with van der Waals surface area (Å²) in [4.78, 5) is 14.1. The molecular weight excluding hydrogens is 284 g/mol. The van der Waals surface area contributed by atoms with Crippen LogP contribution in [0.4, 0.5) is 4.79 Å². The van der Waals surface area contributed by atoms with Crippen LogP contribution in [0, 0.1) is 0 Å². The first-order valence-electron chi connectivity index (χ1n) is 7.47. The van der Waals surface area contributed by atoms with Gasteiger partial charge in [0, 0.05) is 24.4 Å². The van der Waals surface area contributed by atoms with E-state index >= 15 is 0 Å². The zero-order valence-corrected chi connectivity index (χ0v) is 13.3. The molecule has 0 aliphatic heterocycles. The molecule has 2 amide bonds. The number of rotatable bonds is 6. The van der Waals surface area contributed by atoms with Gasteiger partial charge in [-0.25, -0.2) is 4.79 Å². The summed E-state index contributed by atoms with van der Waals surface area (Å²) in [6.45, 7) is 0.873. The molecule has 4 nitrogen and oxygen atoms in total. The highest BCUT2D eigenvalue weighted by atomic mass is 32.2. The summed E-state index contributed by atoms with van der Waals surface area (Å²) in [5, 5.41) is 12.9. The predicted octanol–water partition coefficient (Wildman–Crippen LogP) is 2.47. The summed E-state index contributed by atoms with van der Waals surface area (Å²) < 4.78 is 0. The minimum atomic E-state index is -0.0705. The van der Waals surface area contributed by atoms with E-state index in [1.807, 2.05) is 42.1 Å². The van der Waals surface area contributed by atoms with Crippen molar-refractivity contribution in [3.8, 4) is 0 Å². The van der Waals surface area contributed by atoms with Crippen LogP contribution >= 0.6 is 11.8 Å². The lowest BCUT2D eigenvalue weighted by molar-refractivity contribution is 0.171. The Hall–Kier alpha value is -1.20. The third-order valence-electron chi connectivity index (χ3n) is 3.94. The van der Waals surface area contributed by atoms with Crippen LogP contribution in [-0.4, -0.2) is 46.7 Å². The first-order chi connectivity index (χ1) is 10.2. The van der Waals surface area contributed by atoms with E-state index in [1.54, 1.807) is 4.90 Å². The summed E-state index contributed by atoms with van der Waals surface area (Å²) in [6.07, 6.45) is 5.50. The Morgan fingerprint density at radius 3 is 2.81 bits per heavy atom. The number of aliphatic hydroxyl groups excluding tert-OH is 1. The maximum absolute atomic E-state index is 12.4. The summed E-state index contributed by atoms with van der Waals surface area (Å²) >= 11 is 1.83. The van der Waals surface area contributed by atoms with Crippen LogP contribution in [0.5, 0.6) is 0 Å². The van der Waals surface area contributed by atoms with Gasteiger partial charge in [0.15, 0.2) is 0 Å². The Morgan fingerprint density at radius 1 is 1.38 bits per heavy atom. The number of hydrogen-bond acceptors (Lipinski definition) is 3. The van der Waals surface area contributed by atoms with Gasteiger partial charge in [0.2, 0.25) is 0 Å². The topological polar surface area (TPSA) is 52.6 Å². The van der Waals surface area contributed by atoms with Crippen molar-refractivity contribution < 1.29 is 9.90 Å². The second kappa shape index (κ2) is 8.29. The van der Waals surface area contributed by atoms with E-state index < -0.39 is 0 Å². The Balaban J connectivity index is 1.95. The number of urea groups is 1. The fourth-order valence-electron chi connectivity index (χ4n) is 2.80. The van der Waals surface area contributed by atoms with Crippen molar-refractivity contribution in [2.24, 2.45) is 0 Å². The van der Waals surface area contributed by atoms with Gasteiger partial charge in [0.05, 0.1) is 6.61 Å². The molecule has 1 fully saturated rings. The molecule has 1 aromatic rings. The van der Waals surface area contributed by atoms with Crippen molar-refractivity contribution >= 4 is 17.8 Å². The molecule has 0 aromatic heterocycles. The largest absolute Gasteiger partial charge is 0.395 e. The van der Waals surface area contributed by atoms with Crippen LogP contribution in [0.15, 0.2) is 30.3 Å². The van der Waals surface area contributed by atoms with Crippen LogP contribution in [-0.2, 0) is 6.54 Å². The Morgan fingerprint density at radius 2 is 2.14 bits per heavy atom. The quantitative estimate of drug-likeness (QED) is 0.849. The van der Waals surface area contributed by atoms with Gasteiger partial charge in [0.1, 0.15) is 0 Å². The molecule has 21 heavy (non-hydrogen) atoms. The number of carbonyl (C=O) groups excluding carboxylic acids is 1.